The summed E-state index contributed by atoms with van der Waals surface area (Å²) in [5.41, 5.74) is 0. The van der Waals surface area contributed by atoms with Gasteiger partial charge < -0.3 is 20.3 Å². The number of allylic oxidation sites excluding steroid dienone is 3. The Morgan fingerprint density at radius 1 is 0.351 bits per heavy atom. The van der Waals surface area contributed by atoms with E-state index in [0.717, 1.165) is 38.5 Å². The summed E-state index contributed by atoms with van der Waals surface area (Å²) in [7, 11) is 0. The maximum Gasteiger partial charge on any atom is 0.305 e. The molecular weight excluding hydrogens is 947 g/mol. The highest BCUT2D eigenvalue weighted by Gasteiger charge is 2.18. The van der Waals surface area contributed by atoms with E-state index in [1.54, 1.807) is 6.08 Å². The maximum atomic E-state index is 12.4. The van der Waals surface area contributed by atoms with Crippen molar-refractivity contribution in [1.29, 1.82) is 0 Å². The number of unbranched alkanes of at least 4 members (excludes halogenated alkanes) is 53. The Kier molecular flexibility index (Phi) is 65.4. The molecule has 1 amide bonds. The Labute approximate surface area is 481 Å². The van der Waals surface area contributed by atoms with Gasteiger partial charge in [-0.15, -0.1) is 0 Å². The summed E-state index contributed by atoms with van der Waals surface area (Å²) in [5, 5.41) is 23.0. The van der Waals surface area contributed by atoms with E-state index in [1.807, 2.05) is 6.08 Å². The molecular formula is C71H137NO5. The van der Waals surface area contributed by atoms with Gasteiger partial charge in [-0.25, -0.2) is 0 Å². The van der Waals surface area contributed by atoms with Gasteiger partial charge in [-0.05, 0) is 57.8 Å². The molecule has 6 nitrogen and oxygen atoms in total. The largest absolute Gasteiger partial charge is 0.466 e. The van der Waals surface area contributed by atoms with Gasteiger partial charge >= 0.3 is 5.97 Å². The predicted molar refractivity (Wildman–Crippen MR) is 338 cm³/mol. The zero-order valence-corrected chi connectivity index (χ0v) is 52.2. The molecule has 0 radical (unpaired) electrons. The van der Waals surface area contributed by atoms with Crippen LogP contribution >= 0.6 is 0 Å². The van der Waals surface area contributed by atoms with Gasteiger partial charge in [0.2, 0.25) is 5.91 Å². The first-order valence-corrected chi connectivity index (χ1v) is 35.1. The highest BCUT2D eigenvalue weighted by atomic mass is 16.5. The molecule has 77 heavy (non-hydrogen) atoms. The maximum absolute atomic E-state index is 12.4. The number of esters is 1. The quantitative estimate of drug-likeness (QED) is 0.0320. The third kappa shape index (κ3) is 63.4. The molecule has 0 saturated carbocycles. The van der Waals surface area contributed by atoms with Crippen LogP contribution in [0, 0.1) is 0 Å². The highest BCUT2D eigenvalue weighted by molar-refractivity contribution is 5.76. The second-order valence-corrected chi connectivity index (χ2v) is 24.2. The van der Waals surface area contributed by atoms with Gasteiger partial charge in [0.25, 0.3) is 0 Å². The number of hydrogen-bond donors (Lipinski definition) is 3. The first-order chi connectivity index (χ1) is 38.0. The fourth-order valence-electron chi connectivity index (χ4n) is 11.1. The lowest BCUT2D eigenvalue weighted by Crippen LogP contribution is -2.45. The van der Waals surface area contributed by atoms with Crippen molar-refractivity contribution in [2.45, 2.75) is 405 Å². The second-order valence-electron chi connectivity index (χ2n) is 24.2. The molecule has 0 aliphatic rings. The van der Waals surface area contributed by atoms with Crippen molar-refractivity contribution in [2.24, 2.45) is 0 Å². The average molecular weight is 1080 g/mol. The summed E-state index contributed by atoms with van der Waals surface area (Å²) in [6.07, 6.45) is 84.2. The fourth-order valence-corrected chi connectivity index (χ4v) is 11.1. The first-order valence-electron chi connectivity index (χ1n) is 35.1. The van der Waals surface area contributed by atoms with Gasteiger partial charge in [0.15, 0.2) is 0 Å². The van der Waals surface area contributed by atoms with Crippen LogP contribution in [0.15, 0.2) is 24.3 Å². The van der Waals surface area contributed by atoms with Gasteiger partial charge in [0.1, 0.15) is 0 Å². The van der Waals surface area contributed by atoms with Crippen LogP contribution in [-0.4, -0.2) is 47.4 Å². The van der Waals surface area contributed by atoms with E-state index in [4.69, 9.17) is 4.74 Å². The van der Waals surface area contributed by atoms with Crippen molar-refractivity contribution in [2.75, 3.05) is 13.2 Å². The average Bonchev–Trinajstić information content (AvgIpc) is 3.43. The lowest BCUT2D eigenvalue weighted by Gasteiger charge is -2.20. The lowest BCUT2D eigenvalue weighted by atomic mass is 10.0. The van der Waals surface area contributed by atoms with Crippen LogP contribution in [0.5, 0.6) is 0 Å². The molecule has 0 aliphatic carbocycles. The molecule has 0 spiro atoms. The Bertz CT molecular complexity index is 1200. The van der Waals surface area contributed by atoms with Crippen molar-refractivity contribution in [3.05, 3.63) is 24.3 Å². The molecule has 0 aromatic carbocycles. The summed E-state index contributed by atoms with van der Waals surface area (Å²) in [6, 6.07) is -0.622. The van der Waals surface area contributed by atoms with E-state index >= 15 is 0 Å². The van der Waals surface area contributed by atoms with Crippen LogP contribution in [0.25, 0.3) is 0 Å². The number of aliphatic hydroxyl groups excluding tert-OH is 2. The Morgan fingerprint density at radius 2 is 0.610 bits per heavy atom. The molecule has 2 unspecified atom stereocenters. The number of amides is 1. The van der Waals surface area contributed by atoms with Crippen molar-refractivity contribution >= 4 is 11.9 Å². The van der Waals surface area contributed by atoms with Crippen LogP contribution in [0.1, 0.15) is 393 Å². The van der Waals surface area contributed by atoms with Crippen LogP contribution in [0.3, 0.4) is 0 Å². The molecule has 0 fully saturated rings. The van der Waals surface area contributed by atoms with Gasteiger partial charge in [-0.3, -0.25) is 9.59 Å². The van der Waals surface area contributed by atoms with Crippen molar-refractivity contribution in [3.63, 3.8) is 0 Å². The summed E-state index contributed by atoms with van der Waals surface area (Å²) in [6.45, 7) is 4.91. The summed E-state index contributed by atoms with van der Waals surface area (Å²) < 4.78 is 5.51. The minimum Gasteiger partial charge on any atom is -0.466 e. The zero-order valence-electron chi connectivity index (χ0n) is 52.2. The standard InChI is InChI=1S/C71H137NO5/c1-3-5-7-9-11-13-15-16-17-18-32-36-39-42-45-49-53-57-61-65-71(76)77-66-62-58-54-50-46-43-40-37-34-31-29-27-25-23-21-19-20-22-24-26-28-30-33-35-38-41-44-48-52-56-60-64-70(75)72-68(67-73)69(74)63-59-55-51-47-14-12-10-8-6-4-2/h16-17,59,63,68-69,73-74H,3-15,18-58,60-62,64-67H2,1-2H3,(H,72,75)/b17-16-,63-59+. The van der Waals surface area contributed by atoms with Crippen LogP contribution in [0.2, 0.25) is 0 Å². The van der Waals surface area contributed by atoms with Crippen LogP contribution in [-0.2, 0) is 14.3 Å². The zero-order chi connectivity index (χ0) is 55.7. The number of carbonyl (C=O) groups is 2. The van der Waals surface area contributed by atoms with E-state index in [-0.39, 0.29) is 18.5 Å². The number of ether oxygens (including phenoxy) is 1. The predicted octanol–water partition coefficient (Wildman–Crippen LogP) is 22.5. The normalized spacial score (nSPS) is 12.6. The third-order valence-corrected chi connectivity index (χ3v) is 16.5. The lowest BCUT2D eigenvalue weighted by molar-refractivity contribution is -0.143. The minimum absolute atomic E-state index is 0.0205. The SMILES string of the molecule is CCCCCCCC/C=C\CCCCCCCCCCCC(=O)OCCCCCCCCCCCCCCCCCCCCCCCCCCCCCCCCCC(=O)NC(CO)C(O)/C=C/CCCCCCCCCC. The van der Waals surface area contributed by atoms with Crippen molar-refractivity contribution in [1.82, 2.24) is 5.32 Å². The second kappa shape index (κ2) is 66.8. The van der Waals surface area contributed by atoms with E-state index in [2.05, 4.69) is 31.3 Å². The van der Waals surface area contributed by atoms with E-state index in [9.17, 15) is 19.8 Å². The minimum atomic E-state index is -0.839. The van der Waals surface area contributed by atoms with E-state index in [1.165, 1.54) is 327 Å². The number of carbonyl (C=O) groups excluding carboxylic acids is 2. The topological polar surface area (TPSA) is 95.9 Å². The van der Waals surface area contributed by atoms with Gasteiger partial charge in [-0.2, -0.15) is 0 Å². The van der Waals surface area contributed by atoms with Crippen molar-refractivity contribution in [3.8, 4) is 0 Å². The molecule has 456 valence electrons. The number of aliphatic hydroxyl groups is 2. The molecule has 3 N–H and O–H groups in total. The molecule has 2 atom stereocenters. The van der Waals surface area contributed by atoms with Gasteiger partial charge in [0.05, 0.1) is 25.4 Å². The molecule has 0 rings (SSSR count). The highest BCUT2D eigenvalue weighted by Crippen LogP contribution is 2.19. The first kappa shape index (κ1) is 75.3. The Balaban J connectivity index is 3.29. The Morgan fingerprint density at radius 3 is 0.922 bits per heavy atom. The van der Waals surface area contributed by atoms with Crippen LogP contribution < -0.4 is 5.32 Å². The third-order valence-electron chi connectivity index (χ3n) is 16.5. The van der Waals surface area contributed by atoms with E-state index < -0.39 is 12.1 Å². The molecule has 0 aromatic heterocycles. The summed E-state index contributed by atoms with van der Waals surface area (Å²) >= 11 is 0. The summed E-state index contributed by atoms with van der Waals surface area (Å²) in [4.78, 5) is 24.5. The number of rotatable bonds is 66. The smallest absolute Gasteiger partial charge is 0.305 e. The monoisotopic (exact) mass is 1080 g/mol. The molecule has 0 heterocycles. The fraction of sp³-hybridized carbons (Fsp3) is 0.915. The summed E-state index contributed by atoms with van der Waals surface area (Å²) in [5.74, 6) is -0.0436. The molecule has 6 heteroatoms. The van der Waals surface area contributed by atoms with Gasteiger partial charge in [0, 0.05) is 12.8 Å². The molecule has 0 aliphatic heterocycles. The molecule has 0 saturated heterocycles. The molecule has 0 bridgehead atoms. The number of nitrogens with one attached hydrogen (secondary N) is 1. The van der Waals surface area contributed by atoms with Crippen LogP contribution in [0.4, 0.5) is 0 Å². The van der Waals surface area contributed by atoms with E-state index in [0.29, 0.717) is 19.4 Å². The van der Waals surface area contributed by atoms with Gasteiger partial charge in [-0.1, -0.05) is 346 Å². The number of hydrogen-bond acceptors (Lipinski definition) is 5. The Hall–Kier alpha value is -1.66. The van der Waals surface area contributed by atoms with Crippen molar-refractivity contribution < 1.29 is 24.5 Å². The molecule has 0 aromatic rings.